The Morgan fingerprint density at radius 2 is 1.43 bits per heavy atom. The fourth-order valence-electron chi connectivity index (χ4n) is 2.44. The van der Waals surface area contributed by atoms with Crippen molar-refractivity contribution in [3.05, 3.63) is 60.2 Å². The molecule has 8 nitrogen and oxygen atoms in total. The van der Waals surface area contributed by atoms with Crippen molar-refractivity contribution in [2.45, 2.75) is 0 Å². The highest BCUT2D eigenvalue weighted by Gasteiger charge is 2.09. The summed E-state index contributed by atoms with van der Waals surface area (Å²) in [5.41, 5.74) is 1.21. The molecule has 28 heavy (non-hydrogen) atoms. The molecule has 0 spiro atoms. The lowest BCUT2D eigenvalue weighted by Crippen LogP contribution is -2.13. The molecule has 0 bridgehead atoms. The molecule has 1 heterocycles. The maximum atomic E-state index is 12.3. The second-order valence-electron chi connectivity index (χ2n) is 5.68. The normalized spacial score (nSPS) is 10.1. The predicted octanol–water partition coefficient (Wildman–Crippen LogP) is 3.50. The number of hydrogen-bond donors (Lipinski definition) is 2. The van der Waals surface area contributed by atoms with E-state index in [0.29, 0.717) is 40.1 Å². The highest BCUT2D eigenvalue weighted by atomic mass is 16.5. The third kappa shape index (κ3) is 4.47. The number of ether oxygens (including phenoxy) is 3. The molecule has 8 heteroatoms. The Balaban J connectivity index is 1.67. The summed E-state index contributed by atoms with van der Waals surface area (Å²) in [7, 11) is 4.73. The van der Waals surface area contributed by atoms with Crippen LogP contribution in [0.4, 0.5) is 17.3 Å². The Bertz CT molecular complexity index is 943. The predicted molar refractivity (Wildman–Crippen MR) is 106 cm³/mol. The van der Waals surface area contributed by atoms with Crippen molar-refractivity contribution in [3.8, 4) is 17.2 Å². The van der Waals surface area contributed by atoms with Crippen molar-refractivity contribution in [1.82, 2.24) is 10.2 Å². The first-order valence-electron chi connectivity index (χ1n) is 8.41. The van der Waals surface area contributed by atoms with Crippen LogP contribution >= 0.6 is 0 Å². The summed E-state index contributed by atoms with van der Waals surface area (Å²) in [5.74, 6) is 2.54. The number of nitrogens with one attached hydrogen (secondary N) is 2. The first-order chi connectivity index (χ1) is 13.6. The molecule has 0 aliphatic rings. The Hall–Kier alpha value is -3.81. The Kier molecular flexibility index (Phi) is 5.91. The molecular weight excluding hydrogens is 360 g/mol. The van der Waals surface area contributed by atoms with E-state index in [4.69, 9.17) is 14.2 Å². The van der Waals surface area contributed by atoms with Crippen molar-refractivity contribution < 1.29 is 19.0 Å². The van der Waals surface area contributed by atoms with Gasteiger partial charge in [0.1, 0.15) is 17.2 Å². The maximum Gasteiger partial charge on any atom is 0.256 e. The second-order valence-corrected chi connectivity index (χ2v) is 5.68. The van der Waals surface area contributed by atoms with Gasteiger partial charge in [-0.15, -0.1) is 10.2 Å². The Labute approximate surface area is 162 Å². The van der Waals surface area contributed by atoms with Crippen LogP contribution in [0.5, 0.6) is 17.2 Å². The van der Waals surface area contributed by atoms with Gasteiger partial charge in [-0.2, -0.15) is 0 Å². The lowest BCUT2D eigenvalue weighted by molar-refractivity contribution is 0.102. The number of anilines is 3. The summed E-state index contributed by atoms with van der Waals surface area (Å²) < 4.78 is 15.6. The number of carbonyl (C=O) groups excluding carboxylic acids is 1. The number of nitrogens with zero attached hydrogens (tertiary/aromatic N) is 2. The van der Waals surface area contributed by atoms with Gasteiger partial charge in [-0.1, -0.05) is 0 Å². The van der Waals surface area contributed by atoms with Crippen molar-refractivity contribution in [2.24, 2.45) is 0 Å². The molecule has 3 aromatic rings. The minimum atomic E-state index is -0.283. The molecule has 0 saturated heterocycles. The molecule has 0 fully saturated rings. The smallest absolute Gasteiger partial charge is 0.256 e. The summed E-state index contributed by atoms with van der Waals surface area (Å²) in [5, 5.41) is 13.9. The van der Waals surface area contributed by atoms with E-state index >= 15 is 0 Å². The molecule has 0 atom stereocenters. The van der Waals surface area contributed by atoms with Crippen LogP contribution in [0, 0.1) is 0 Å². The monoisotopic (exact) mass is 380 g/mol. The van der Waals surface area contributed by atoms with Crippen LogP contribution in [-0.4, -0.2) is 37.4 Å². The molecule has 2 aromatic carbocycles. The van der Waals surface area contributed by atoms with E-state index in [1.807, 2.05) is 12.1 Å². The van der Waals surface area contributed by atoms with E-state index in [-0.39, 0.29) is 5.91 Å². The van der Waals surface area contributed by atoms with E-state index in [9.17, 15) is 4.79 Å². The van der Waals surface area contributed by atoms with Crippen LogP contribution in [0.25, 0.3) is 0 Å². The second kappa shape index (κ2) is 8.72. The quantitative estimate of drug-likeness (QED) is 0.648. The molecule has 0 radical (unpaired) electrons. The van der Waals surface area contributed by atoms with Gasteiger partial charge in [0.05, 0.1) is 27.0 Å². The van der Waals surface area contributed by atoms with Crippen LogP contribution < -0.4 is 24.8 Å². The summed E-state index contributed by atoms with van der Waals surface area (Å²) in [6.45, 7) is 0. The average molecular weight is 380 g/mol. The van der Waals surface area contributed by atoms with Gasteiger partial charge in [0.25, 0.3) is 5.91 Å². The fourth-order valence-corrected chi connectivity index (χ4v) is 2.44. The van der Waals surface area contributed by atoms with Crippen molar-refractivity contribution in [2.75, 3.05) is 32.0 Å². The zero-order chi connectivity index (χ0) is 19.9. The van der Waals surface area contributed by atoms with Gasteiger partial charge >= 0.3 is 0 Å². The van der Waals surface area contributed by atoms with Crippen LogP contribution in [-0.2, 0) is 0 Å². The van der Waals surface area contributed by atoms with Crippen molar-refractivity contribution >= 4 is 23.2 Å². The highest BCUT2D eigenvalue weighted by Crippen LogP contribution is 2.30. The number of methoxy groups -OCH3 is 3. The van der Waals surface area contributed by atoms with Crippen molar-refractivity contribution in [3.63, 3.8) is 0 Å². The van der Waals surface area contributed by atoms with Crippen LogP contribution in [0.15, 0.2) is 54.6 Å². The standard InChI is InChI=1S/C20H20N4O4/c1-26-14-6-4-13(5-7-14)20(25)22-19-11-10-18(23-24-19)21-16-9-8-15(27-2)12-17(16)28-3/h4-12H,1-3H3,(H,21,23)(H,22,24,25). The first kappa shape index (κ1) is 19.0. The largest absolute Gasteiger partial charge is 0.497 e. The van der Waals surface area contributed by atoms with Gasteiger partial charge in [0.15, 0.2) is 11.6 Å². The molecule has 0 aliphatic carbocycles. The highest BCUT2D eigenvalue weighted by molar-refractivity contribution is 6.03. The first-order valence-corrected chi connectivity index (χ1v) is 8.41. The average Bonchev–Trinajstić information content (AvgIpc) is 2.75. The molecular formula is C20H20N4O4. The third-order valence-electron chi connectivity index (χ3n) is 3.93. The Morgan fingerprint density at radius 3 is 2.04 bits per heavy atom. The number of hydrogen-bond acceptors (Lipinski definition) is 7. The van der Waals surface area contributed by atoms with Crippen LogP contribution in [0.1, 0.15) is 10.4 Å². The topological polar surface area (TPSA) is 94.6 Å². The number of rotatable bonds is 7. The van der Waals surface area contributed by atoms with Gasteiger partial charge < -0.3 is 24.8 Å². The number of carbonyl (C=O) groups is 1. The molecule has 1 amide bonds. The lowest BCUT2D eigenvalue weighted by atomic mass is 10.2. The Morgan fingerprint density at radius 1 is 0.786 bits per heavy atom. The number of benzene rings is 2. The van der Waals surface area contributed by atoms with Crippen LogP contribution in [0.2, 0.25) is 0 Å². The van der Waals surface area contributed by atoms with Crippen molar-refractivity contribution in [1.29, 1.82) is 0 Å². The zero-order valence-corrected chi connectivity index (χ0v) is 15.7. The fraction of sp³-hybridized carbons (Fsp3) is 0.150. The molecule has 144 valence electrons. The lowest BCUT2D eigenvalue weighted by Gasteiger charge is -2.12. The minimum Gasteiger partial charge on any atom is -0.497 e. The van der Waals surface area contributed by atoms with Gasteiger partial charge in [0.2, 0.25) is 0 Å². The number of aromatic nitrogens is 2. The number of amides is 1. The van der Waals surface area contributed by atoms with E-state index in [2.05, 4.69) is 20.8 Å². The van der Waals surface area contributed by atoms with E-state index < -0.39 is 0 Å². The molecule has 0 aliphatic heterocycles. The summed E-state index contributed by atoms with van der Waals surface area (Å²) in [6.07, 6.45) is 0. The van der Waals surface area contributed by atoms with E-state index in [1.54, 1.807) is 63.8 Å². The third-order valence-corrected chi connectivity index (χ3v) is 3.93. The minimum absolute atomic E-state index is 0.283. The molecule has 0 unspecified atom stereocenters. The van der Waals surface area contributed by atoms with E-state index in [0.717, 1.165) is 0 Å². The summed E-state index contributed by atoms with van der Waals surface area (Å²) >= 11 is 0. The zero-order valence-electron chi connectivity index (χ0n) is 15.7. The summed E-state index contributed by atoms with van der Waals surface area (Å²) in [6, 6.07) is 15.5. The molecule has 3 rings (SSSR count). The van der Waals surface area contributed by atoms with E-state index in [1.165, 1.54) is 0 Å². The van der Waals surface area contributed by atoms with Gasteiger partial charge in [0, 0.05) is 11.6 Å². The van der Waals surface area contributed by atoms with Gasteiger partial charge in [-0.3, -0.25) is 4.79 Å². The molecule has 1 aromatic heterocycles. The molecule has 2 N–H and O–H groups in total. The summed E-state index contributed by atoms with van der Waals surface area (Å²) in [4.78, 5) is 12.3. The SMILES string of the molecule is COc1ccc(C(=O)Nc2ccc(Nc3ccc(OC)cc3OC)nn2)cc1. The van der Waals surface area contributed by atoms with Gasteiger partial charge in [-0.05, 0) is 48.5 Å². The maximum absolute atomic E-state index is 12.3. The van der Waals surface area contributed by atoms with Gasteiger partial charge in [-0.25, -0.2) is 0 Å². The molecule has 0 saturated carbocycles. The van der Waals surface area contributed by atoms with Crippen LogP contribution in [0.3, 0.4) is 0 Å².